The lowest BCUT2D eigenvalue weighted by atomic mass is 9.96. The SMILES string of the molecule is CC[C@@H](O)[C@H]1CCCCN1CCS(=O)(=O)C(C)C. The molecule has 0 bridgehead atoms. The first kappa shape index (κ1) is 15.9. The molecule has 5 heteroatoms. The van der Waals surface area contributed by atoms with E-state index < -0.39 is 9.84 Å². The summed E-state index contributed by atoms with van der Waals surface area (Å²) in [6.07, 6.45) is 3.63. The highest BCUT2D eigenvalue weighted by Gasteiger charge is 2.29. The molecule has 0 aromatic rings. The van der Waals surface area contributed by atoms with E-state index in [1.54, 1.807) is 13.8 Å². The van der Waals surface area contributed by atoms with Gasteiger partial charge in [0.15, 0.2) is 9.84 Å². The van der Waals surface area contributed by atoms with Crippen LogP contribution in [0.4, 0.5) is 0 Å². The third-order valence-electron chi connectivity index (χ3n) is 3.91. The smallest absolute Gasteiger partial charge is 0.153 e. The van der Waals surface area contributed by atoms with Gasteiger partial charge in [0, 0.05) is 12.6 Å². The van der Waals surface area contributed by atoms with Crippen LogP contribution in [0, 0.1) is 0 Å². The summed E-state index contributed by atoms with van der Waals surface area (Å²) in [5, 5.41) is 9.69. The first-order valence-corrected chi connectivity index (χ1v) is 8.73. The highest BCUT2D eigenvalue weighted by atomic mass is 32.2. The fourth-order valence-corrected chi connectivity index (χ4v) is 3.44. The van der Waals surface area contributed by atoms with Gasteiger partial charge in [-0.2, -0.15) is 0 Å². The Labute approximate surface area is 111 Å². The second-order valence-corrected chi connectivity index (χ2v) is 8.17. The summed E-state index contributed by atoms with van der Waals surface area (Å²) in [5.41, 5.74) is 0. The van der Waals surface area contributed by atoms with Gasteiger partial charge >= 0.3 is 0 Å². The Bertz CT molecular complexity index is 340. The Balaban J connectivity index is 2.58. The molecule has 0 radical (unpaired) electrons. The van der Waals surface area contributed by atoms with Gasteiger partial charge in [0.1, 0.15) is 0 Å². The molecule has 0 unspecified atom stereocenters. The van der Waals surface area contributed by atoms with Crippen molar-refractivity contribution in [2.45, 2.75) is 63.9 Å². The van der Waals surface area contributed by atoms with E-state index in [4.69, 9.17) is 0 Å². The van der Waals surface area contributed by atoms with E-state index >= 15 is 0 Å². The zero-order chi connectivity index (χ0) is 13.8. The van der Waals surface area contributed by atoms with E-state index in [1.807, 2.05) is 6.92 Å². The van der Waals surface area contributed by atoms with Crippen molar-refractivity contribution < 1.29 is 13.5 Å². The van der Waals surface area contributed by atoms with Crippen molar-refractivity contribution in [2.24, 2.45) is 0 Å². The number of aliphatic hydroxyl groups excluding tert-OH is 1. The molecule has 0 amide bonds. The number of nitrogens with zero attached hydrogens (tertiary/aromatic N) is 1. The van der Waals surface area contributed by atoms with Gasteiger partial charge in [-0.1, -0.05) is 13.3 Å². The lowest BCUT2D eigenvalue weighted by Gasteiger charge is -2.38. The quantitative estimate of drug-likeness (QED) is 0.798. The summed E-state index contributed by atoms with van der Waals surface area (Å²) in [6.45, 7) is 6.90. The fraction of sp³-hybridized carbons (Fsp3) is 1.00. The first-order chi connectivity index (χ1) is 8.38. The molecule has 1 aliphatic heterocycles. The molecule has 108 valence electrons. The van der Waals surface area contributed by atoms with Gasteiger partial charge in [0.2, 0.25) is 0 Å². The molecule has 1 rings (SSSR count). The third kappa shape index (κ3) is 4.21. The lowest BCUT2D eigenvalue weighted by molar-refractivity contribution is 0.0275. The molecule has 18 heavy (non-hydrogen) atoms. The van der Waals surface area contributed by atoms with Crippen LogP contribution in [0.5, 0.6) is 0 Å². The molecular weight excluding hydrogens is 250 g/mol. The minimum absolute atomic E-state index is 0.145. The molecule has 1 heterocycles. The molecule has 1 N–H and O–H groups in total. The minimum Gasteiger partial charge on any atom is -0.392 e. The maximum atomic E-state index is 11.8. The van der Waals surface area contributed by atoms with Crippen molar-refractivity contribution in [3.05, 3.63) is 0 Å². The fourth-order valence-electron chi connectivity index (χ4n) is 2.48. The number of likely N-dealkylation sites (tertiary alicyclic amines) is 1. The maximum Gasteiger partial charge on any atom is 0.153 e. The molecule has 1 aliphatic rings. The van der Waals surface area contributed by atoms with Crippen LogP contribution in [0.2, 0.25) is 0 Å². The molecule has 0 aliphatic carbocycles. The molecule has 0 spiro atoms. The minimum atomic E-state index is -2.98. The van der Waals surface area contributed by atoms with Crippen molar-refractivity contribution in [1.29, 1.82) is 0 Å². The van der Waals surface area contributed by atoms with Gasteiger partial charge in [-0.25, -0.2) is 8.42 Å². The van der Waals surface area contributed by atoms with Crippen molar-refractivity contribution in [3.63, 3.8) is 0 Å². The molecule has 2 atom stereocenters. The molecular formula is C13H27NO3S. The predicted molar refractivity (Wildman–Crippen MR) is 74.4 cm³/mol. The van der Waals surface area contributed by atoms with Gasteiger partial charge in [0.25, 0.3) is 0 Å². The monoisotopic (exact) mass is 277 g/mol. The van der Waals surface area contributed by atoms with E-state index in [1.165, 1.54) is 0 Å². The second-order valence-electron chi connectivity index (χ2n) is 5.49. The van der Waals surface area contributed by atoms with Crippen LogP contribution in [0.15, 0.2) is 0 Å². The van der Waals surface area contributed by atoms with Crippen molar-refractivity contribution in [2.75, 3.05) is 18.8 Å². The Morgan fingerprint density at radius 2 is 2.00 bits per heavy atom. The molecule has 1 fully saturated rings. The second kappa shape index (κ2) is 6.87. The number of piperidine rings is 1. The zero-order valence-electron chi connectivity index (χ0n) is 11.8. The molecule has 0 aromatic heterocycles. The number of rotatable bonds is 6. The lowest BCUT2D eigenvalue weighted by Crippen LogP contribution is -2.48. The van der Waals surface area contributed by atoms with E-state index in [-0.39, 0.29) is 23.1 Å². The van der Waals surface area contributed by atoms with E-state index in [2.05, 4.69) is 4.90 Å². The summed E-state index contributed by atoms with van der Waals surface area (Å²) in [4.78, 5) is 2.16. The van der Waals surface area contributed by atoms with Crippen molar-refractivity contribution in [3.8, 4) is 0 Å². The summed E-state index contributed by atoms with van der Waals surface area (Å²) < 4.78 is 23.7. The average molecular weight is 277 g/mol. The Morgan fingerprint density at radius 1 is 1.33 bits per heavy atom. The molecule has 4 nitrogen and oxygen atoms in total. The highest BCUT2D eigenvalue weighted by molar-refractivity contribution is 7.92. The van der Waals surface area contributed by atoms with Crippen molar-refractivity contribution in [1.82, 2.24) is 4.90 Å². The van der Waals surface area contributed by atoms with Crippen LogP contribution < -0.4 is 0 Å². The van der Waals surface area contributed by atoms with Crippen LogP contribution in [-0.4, -0.2) is 54.7 Å². The largest absolute Gasteiger partial charge is 0.392 e. The van der Waals surface area contributed by atoms with Crippen LogP contribution >= 0.6 is 0 Å². The number of hydrogen-bond donors (Lipinski definition) is 1. The Morgan fingerprint density at radius 3 is 2.56 bits per heavy atom. The van der Waals surface area contributed by atoms with E-state index in [9.17, 15) is 13.5 Å². The standard InChI is InChI=1S/C13H27NO3S/c1-4-13(15)12-7-5-6-8-14(12)9-10-18(16,17)11(2)3/h11-13,15H,4-10H2,1-3H3/t12-,13-/m1/s1. The summed E-state index contributed by atoms with van der Waals surface area (Å²) in [7, 11) is -2.98. The highest BCUT2D eigenvalue weighted by Crippen LogP contribution is 2.21. The number of aliphatic hydroxyl groups is 1. The van der Waals surface area contributed by atoms with Gasteiger partial charge in [-0.05, 0) is 39.7 Å². The first-order valence-electron chi connectivity index (χ1n) is 7.02. The van der Waals surface area contributed by atoms with Gasteiger partial charge in [-0.3, -0.25) is 4.90 Å². The molecule has 0 aromatic carbocycles. The van der Waals surface area contributed by atoms with E-state index in [0.29, 0.717) is 6.54 Å². The number of sulfone groups is 1. The van der Waals surface area contributed by atoms with Gasteiger partial charge in [-0.15, -0.1) is 0 Å². The Hall–Kier alpha value is -0.130. The molecule has 0 saturated carbocycles. The van der Waals surface area contributed by atoms with Gasteiger partial charge < -0.3 is 5.11 Å². The predicted octanol–water partition coefficient (Wildman–Crippen LogP) is 1.44. The zero-order valence-corrected chi connectivity index (χ0v) is 12.6. The summed E-state index contributed by atoms with van der Waals surface area (Å²) in [6, 6.07) is 0.145. The summed E-state index contributed by atoms with van der Waals surface area (Å²) in [5.74, 6) is 0.206. The van der Waals surface area contributed by atoms with E-state index in [0.717, 1.165) is 32.2 Å². The van der Waals surface area contributed by atoms with Crippen molar-refractivity contribution >= 4 is 9.84 Å². The van der Waals surface area contributed by atoms with Crippen LogP contribution in [0.1, 0.15) is 46.5 Å². The molecule has 1 saturated heterocycles. The van der Waals surface area contributed by atoms with Crippen LogP contribution in [0.25, 0.3) is 0 Å². The average Bonchev–Trinajstić information content (AvgIpc) is 2.35. The van der Waals surface area contributed by atoms with Gasteiger partial charge in [0.05, 0.1) is 17.1 Å². The topological polar surface area (TPSA) is 57.6 Å². The normalized spacial score (nSPS) is 24.4. The maximum absolute atomic E-state index is 11.8. The summed E-state index contributed by atoms with van der Waals surface area (Å²) >= 11 is 0. The number of hydrogen-bond acceptors (Lipinski definition) is 4. The van der Waals surface area contributed by atoms with Crippen LogP contribution in [0.3, 0.4) is 0 Å². The van der Waals surface area contributed by atoms with Crippen LogP contribution in [-0.2, 0) is 9.84 Å². The Kier molecular flexibility index (Phi) is 6.08. The third-order valence-corrected chi connectivity index (χ3v) is 6.10.